The molecule has 1 atom stereocenters. The van der Waals surface area contributed by atoms with E-state index < -0.39 is 0 Å². The van der Waals surface area contributed by atoms with Crippen molar-refractivity contribution in [1.29, 1.82) is 0 Å². The first-order chi connectivity index (χ1) is 11.7. The third-order valence-corrected chi connectivity index (χ3v) is 4.51. The number of rotatable bonds is 6. The number of nitrogens with zero attached hydrogens (tertiary/aromatic N) is 1. The fraction of sp³-hybridized carbons (Fsp3) is 0.429. The summed E-state index contributed by atoms with van der Waals surface area (Å²) in [5.41, 5.74) is 1.36. The van der Waals surface area contributed by atoms with E-state index in [1.807, 2.05) is 36.4 Å². The first-order valence-electron chi connectivity index (χ1n) is 9.00. The quantitative estimate of drug-likeness (QED) is 0.715. The highest BCUT2D eigenvalue weighted by atomic mass is 35.5. The number of ether oxygens (including phenoxy) is 1. The number of piperazine rings is 1. The fourth-order valence-corrected chi connectivity index (χ4v) is 3.35. The van der Waals surface area contributed by atoms with Crippen molar-refractivity contribution in [3.05, 3.63) is 60.2 Å². The molecule has 0 aromatic heterocycles. The van der Waals surface area contributed by atoms with Crippen LogP contribution >= 0.6 is 24.8 Å². The maximum absolute atomic E-state index is 6.03. The highest BCUT2D eigenvalue weighted by molar-refractivity contribution is 5.85. The van der Waals surface area contributed by atoms with Gasteiger partial charge in [-0.25, -0.2) is 0 Å². The molecule has 26 heavy (non-hydrogen) atoms. The molecule has 1 aliphatic heterocycles. The van der Waals surface area contributed by atoms with E-state index in [9.17, 15) is 0 Å². The Morgan fingerprint density at radius 1 is 0.923 bits per heavy atom. The maximum Gasteiger partial charge on any atom is 0.127 e. The van der Waals surface area contributed by atoms with Gasteiger partial charge >= 0.3 is 0 Å². The van der Waals surface area contributed by atoms with Gasteiger partial charge in [0.1, 0.15) is 11.5 Å². The molecule has 0 saturated carbocycles. The van der Waals surface area contributed by atoms with E-state index in [1.165, 1.54) is 12.0 Å². The van der Waals surface area contributed by atoms with E-state index >= 15 is 0 Å². The SMILES string of the molecule is CC(C)C[C@H](c1cccc(Oc2ccccc2)c1)N1CCNCC1.Cl.Cl. The van der Waals surface area contributed by atoms with Crippen LogP contribution in [0.5, 0.6) is 11.5 Å². The normalized spacial score (nSPS) is 15.7. The van der Waals surface area contributed by atoms with E-state index in [-0.39, 0.29) is 24.8 Å². The van der Waals surface area contributed by atoms with Gasteiger partial charge in [0.25, 0.3) is 0 Å². The van der Waals surface area contributed by atoms with Crippen LogP contribution in [-0.2, 0) is 0 Å². The molecule has 1 heterocycles. The van der Waals surface area contributed by atoms with Crippen LogP contribution in [0.1, 0.15) is 31.9 Å². The van der Waals surface area contributed by atoms with Crippen molar-refractivity contribution in [1.82, 2.24) is 10.2 Å². The molecule has 2 aromatic carbocycles. The highest BCUT2D eigenvalue weighted by Gasteiger charge is 2.23. The standard InChI is InChI=1S/C21H28N2O.2ClH/c1-17(2)15-21(23-13-11-22-12-14-23)18-7-6-10-20(16-18)24-19-8-4-3-5-9-19;;/h3-10,16-17,21-22H,11-15H2,1-2H3;2*1H/t21-;;/m1../s1. The average molecular weight is 397 g/mol. The fourth-order valence-electron chi connectivity index (χ4n) is 3.35. The zero-order valence-corrected chi connectivity index (χ0v) is 17.2. The molecule has 1 N–H and O–H groups in total. The molecule has 0 spiro atoms. The number of halogens is 2. The summed E-state index contributed by atoms with van der Waals surface area (Å²) in [5.74, 6) is 2.48. The predicted molar refractivity (Wildman–Crippen MR) is 114 cm³/mol. The Balaban J connectivity index is 0.00000169. The Morgan fingerprint density at radius 3 is 2.23 bits per heavy atom. The van der Waals surface area contributed by atoms with Gasteiger partial charge in [-0.3, -0.25) is 4.90 Å². The molecule has 1 saturated heterocycles. The van der Waals surface area contributed by atoms with Gasteiger partial charge in [0.15, 0.2) is 0 Å². The summed E-state index contributed by atoms with van der Waals surface area (Å²) in [7, 11) is 0. The van der Waals surface area contributed by atoms with Crippen molar-refractivity contribution in [2.24, 2.45) is 5.92 Å². The highest BCUT2D eigenvalue weighted by Crippen LogP contribution is 2.31. The summed E-state index contributed by atoms with van der Waals surface area (Å²) in [5, 5.41) is 3.45. The third kappa shape index (κ3) is 6.48. The summed E-state index contributed by atoms with van der Waals surface area (Å²) < 4.78 is 6.03. The molecule has 0 aliphatic carbocycles. The van der Waals surface area contributed by atoms with Crippen LogP contribution in [0.15, 0.2) is 54.6 Å². The van der Waals surface area contributed by atoms with Crippen LogP contribution < -0.4 is 10.1 Å². The maximum atomic E-state index is 6.03. The summed E-state index contributed by atoms with van der Waals surface area (Å²) in [6.07, 6.45) is 1.18. The largest absolute Gasteiger partial charge is 0.457 e. The molecule has 144 valence electrons. The lowest BCUT2D eigenvalue weighted by Crippen LogP contribution is -2.45. The van der Waals surface area contributed by atoms with E-state index in [0.29, 0.717) is 12.0 Å². The number of hydrogen-bond donors (Lipinski definition) is 1. The molecule has 1 fully saturated rings. The Kier molecular flexibility index (Phi) is 10.0. The third-order valence-electron chi connectivity index (χ3n) is 4.51. The molecule has 0 unspecified atom stereocenters. The van der Waals surface area contributed by atoms with E-state index in [1.54, 1.807) is 0 Å². The van der Waals surface area contributed by atoms with Gasteiger partial charge in [-0.15, -0.1) is 24.8 Å². The lowest BCUT2D eigenvalue weighted by Gasteiger charge is -2.36. The van der Waals surface area contributed by atoms with Crippen LogP contribution in [0.3, 0.4) is 0 Å². The predicted octanol–water partition coefficient (Wildman–Crippen LogP) is 5.31. The minimum Gasteiger partial charge on any atom is -0.457 e. The van der Waals surface area contributed by atoms with Crippen LogP contribution in [-0.4, -0.2) is 31.1 Å². The Bertz CT molecular complexity index is 631. The van der Waals surface area contributed by atoms with Gasteiger partial charge in [-0.1, -0.05) is 44.2 Å². The van der Waals surface area contributed by atoms with Crippen LogP contribution in [0.4, 0.5) is 0 Å². The topological polar surface area (TPSA) is 24.5 Å². The van der Waals surface area contributed by atoms with Crippen LogP contribution in [0.25, 0.3) is 0 Å². The smallest absolute Gasteiger partial charge is 0.127 e. The molecular formula is C21H30Cl2N2O. The summed E-state index contributed by atoms with van der Waals surface area (Å²) in [4.78, 5) is 2.61. The van der Waals surface area contributed by atoms with Crippen LogP contribution in [0, 0.1) is 5.92 Å². The molecular weight excluding hydrogens is 367 g/mol. The number of benzene rings is 2. The van der Waals surface area contributed by atoms with Gasteiger partial charge in [0.2, 0.25) is 0 Å². The van der Waals surface area contributed by atoms with Gasteiger partial charge in [0, 0.05) is 32.2 Å². The molecule has 0 radical (unpaired) electrons. The number of hydrogen-bond acceptors (Lipinski definition) is 3. The molecule has 3 nitrogen and oxygen atoms in total. The van der Waals surface area contributed by atoms with Crippen LogP contribution in [0.2, 0.25) is 0 Å². The second-order valence-electron chi connectivity index (χ2n) is 6.92. The summed E-state index contributed by atoms with van der Waals surface area (Å²) in [6, 6.07) is 19.1. The van der Waals surface area contributed by atoms with E-state index in [0.717, 1.165) is 37.7 Å². The molecule has 0 amide bonds. The monoisotopic (exact) mass is 396 g/mol. The summed E-state index contributed by atoms with van der Waals surface area (Å²) >= 11 is 0. The lowest BCUT2D eigenvalue weighted by molar-refractivity contribution is 0.154. The van der Waals surface area contributed by atoms with Crippen molar-refractivity contribution in [3.8, 4) is 11.5 Å². The second-order valence-corrected chi connectivity index (χ2v) is 6.92. The Morgan fingerprint density at radius 2 is 1.58 bits per heavy atom. The Hall–Kier alpha value is -1.26. The zero-order chi connectivity index (χ0) is 16.8. The molecule has 5 heteroatoms. The van der Waals surface area contributed by atoms with Crippen molar-refractivity contribution >= 4 is 24.8 Å². The number of nitrogens with one attached hydrogen (secondary N) is 1. The van der Waals surface area contributed by atoms with Gasteiger partial charge in [-0.2, -0.15) is 0 Å². The summed E-state index contributed by atoms with van der Waals surface area (Å²) in [6.45, 7) is 8.99. The van der Waals surface area contributed by atoms with Gasteiger partial charge < -0.3 is 10.1 Å². The minimum atomic E-state index is 0. The first-order valence-corrected chi connectivity index (χ1v) is 9.00. The molecule has 1 aliphatic rings. The van der Waals surface area contributed by atoms with Gasteiger partial charge in [0.05, 0.1) is 0 Å². The number of para-hydroxylation sites is 1. The van der Waals surface area contributed by atoms with E-state index in [4.69, 9.17) is 4.74 Å². The molecule has 0 bridgehead atoms. The van der Waals surface area contributed by atoms with Crippen molar-refractivity contribution < 1.29 is 4.74 Å². The van der Waals surface area contributed by atoms with Gasteiger partial charge in [-0.05, 0) is 42.2 Å². The molecule has 3 rings (SSSR count). The average Bonchev–Trinajstić information content (AvgIpc) is 2.61. The lowest BCUT2D eigenvalue weighted by atomic mass is 9.95. The second kappa shape index (κ2) is 11.5. The van der Waals surface area contributed by atoms with Crippen molar-refractivity contribution in [3.63, 3.8) is 0 Å². The van der Waals surface area contributed by atoms with E-state index in [2.05, 4.69) is 42.3 Å². The first kappa shape index (κ1) is 22.8. The minimum absolute atomic E-state index is 0. The van der Waals surface area contributed by atoms with Crippen molar-refractivity contribution in [2.75, 3.05) is 26.2 Å². The van der Waals surface area contributed by atoms with Crippen molar-refractivity contribution in [2.45, 2.75) is 26.3 Å². The molecule has 2 aromatic rings. The zero-order valence-electron chi connectivity index (χ0n) is 15.6. The Labute approximate surface area is 169 Å².